The highest BCUT2D eigenvalue weighted by Gasteiger charge is 2.31. The maximum atomic E-state index is 13.3. The fraction of sp³-hybridized carbons (Fsp3) is 0.519. The van der Waals surface area contributed by atoms with Crippen molar-refractivity contribution in [2.24, 2.45) is 4.99 Å². The second kappa shape index (κ2) is 9.92. The molecule has 2 aliphatic heterocycles. The first-order valence-corrected chi connectivity index (χ1v) is 11.9. The summed E-state index contributed by atoms with van der Waals surface area (Å²) in [5, 5.41) is 10.6. The standard InChI is InChI=1S/C27H33FN2O4/c1-16-9-23(10-17(2)33-16)34-26-24-15-29-21(11-19(24)14-30-26)12-22(31)13-25(27(3,4)32)18-5-7-20(28)8-6-18/h5-8,11,15-17,23,25,32H,9-10,12-14H2,1-4H3/t16?,17?,23?,25-/m0/s1. The van der Waals surface area contributed by atoms with Crippen LogP contribution in [-0.4, -0.2) is 45.7 Å². The molecule has 182 valence electrons. The first-order valence-electron chi connectivity index (χ1n) is 11.9. The number of rotatable bonds is 7. The van der Waals surface area contributed by atoms with E-state index in [1.54, 1.807) is 32.2 Å². The number of carbonyl (C=O) groups excluding carboxylic acids is 1. The second-order valence-electron chi connectivity index (χ2n) is 10.1. The lowest BCUT2D eigenvalue weighted by Gasteiger charge is -2.32. The number of aromatic nitrogens is 1. The van der Waals surface area contributed by atoms with Crippen molar-refractivity contribution in [1.82, 2.24) is 4.98 Å². The van der Waals surface area contributed by atoms with E-state index in [4.69, 9.17) is 9.47 Å². The predicted octanol–water partition coefficient (Wildman–Crippen LogP) is 4.51. The zero-order chi connectivity index (χ0) is 24.5. The van der Waals surface area contributed by atoms with Gasteiger partial charge in [0, 0.05) is 43.5 Å². The number of benzene rings is 1. The minimum Gasteiger partial charge on any atom is -0.474 e. The Hall–Kier alpha value is -2.64. The Morgan fingerprint density at radius 1 is 1.24 bits per heavy atom. The summed E-state index contributed by atoms with van der Waals surface area (Å²) in [5.41, 5.74) is 2.15. The molecule has 1 N–H and O–H groups in total. The van der Waals surface area contributed by atoms with Crippen LogP contribution in [0.1, 0.15) is 75.3 Å². The van der Waals surface area contributed by atoms with Crippen molar-refractivity contribution in [1.29, 1.82) is 0 Å². The molecule has 1 aromatic heterocycles. The van der Waals surface area contributed by atoms with Gasteiger partial charge in [0.25, 0.3) is 0 Å². The molecule has 0 spiro atoms. The molecule has 1 fully saturated rings. The molecular formula is C27H33FN2O4. The van der Waals surface area contributed by atoms with Crippen molar-refractivity contribution in [3.63, 3.8) is 0 Å². The van der Waals surface area contributed by atoms with Gasteiger partial charge >= 0.3 is 0 Å². The van der Waals surface area contributed by atoms with Crippen LogP contribution < -0.4 is 0 Å². The number of pyridine rings is 1. The maximum Gasteiger partial charge on any atom is 0.218 e. The molecule has 1 saturated heterocycles. The van der Waals surface area contributed by atoms with Gasteiger partial charge in [0.15, 0.2) is 0 Å². The van der Waals surface area contributed by atoms with Gasteiger partial charge in [-0.3, -0.25) is 9.78 Å². The third kappa shape index (κ3) is 5.88. The zero-order valence-corrected chi connectivity index (χ0v) is 20.3. The third-order valence-corrected chi connectivity index (χ3v) is 6.54. The molecule has 0 aliphatic carbocycles. The molecule has 0 radical (unpaired) electrons. The molecule has 0 saturated carbocycles. The lowest BCUT2D eigenvalue weighted by atomic mass is 9.80. The number of nitrogens with zero attached hydrogens (tertiary/aromatic N) is 2. The maximum absolute atomic E-state index is 13.3. The fourth-order valence-corrected chi connectivity index (χ4v) is 4.88. The molecule has 3 atom stereocenters. The average Bonchev–Trinajstić information content (AvgIpc) is 3.13. The summed E-state index contributed by atoms with van der Waals surface area (Å²) >= 11 is 0. The van der Waals surface area contributed by atoms with Crippen molar-refractivity contribution >= 4 is 11.7 Å². The second-order valence-corrected chi connectivity index (χ2v) is 10.1. The van der Waals surface area contributed by atoms with Crippen molar-refractivity contribution < 1.29 is 23.8 Å². The molecule has 4 rings (SSSR count). The van der Waals surface area contributed by atoms with Crippen molar-refractivity contribution in [3.05, 3.63) is 64.7 Å². The van der Waals surface area contributed by atoms with Gasteiger partial charge in [0.05, 0.1) is 29.9 Å². The molecule has 0 bridgehead atoms. The van der Waals surface area contributed by atoms with Crippen LogP contribution in [0, 0.1) is 5.82 Å². The van der Waals surface area contributed by atoms with E-state index in [0.29, 0.717) is 18.1 Å². The van der Waals surface area contributed by atoms with Crippen LogP contribution in [0.25, 0.3) is 0 Å². The van der Waals surface area contributed by atoms with E-state index in [9.17, 15) is 14.3 Å². The Morgan fingerprint density at radius 2 is 1.91 bits per heavy atom. The van der Waals surface area contributed by atoms with Crippen LogP contribution in [0.15, 0.2) is 41.5 Å². The van der Waals surface area contributed by atoms with Crippen molar-refractivity contribution in [2.75, 3.05) is 0 Å². The Balaban J connectivity index is 1.40. The molecule has 6 nitrogen and oxygen atoms in total. The van der Waals surface area contributed by atoms with Crippen LogP contribution >= 0.6 is 0 Å². The van der Waals surface area contributed by atoms with E-state index in [0.717, 1.165) is 29.5 Å². The molecule has 7 heteroatoms. The van der Waals surface area contributed by atoms with Gasteiger partial charge in [-0.1, -0.05) is 12.1 Å². The number of ether oxygens (including phenoxy) is 2. The number of carbonyl (C=O) groups is 1. The Kier molecular flexibility index (Phi) is 7.14. The largest absolute Gasteiger partial charge is 0.474 e. The quantitative estimate of drug-likeness (QED) is 0.647. The summed E-state index contributed by atoms with van der Waals surface area (Å²) in [7, 11) is 0. The number of aliphatic imine (C=N–C) groups is 1. The van der Waals surface area contributed by atoms with Crippen LogP contribution in [0.4, 0.5) is 4.39 Å². The van der Waals surface area contributed by atoms with Crippen LogP contribution in [-0.2, 0) is 27.2 Å². The first kappa shape index (κ1) is 24.5. The summed E-state index contributed by atoms with van der Waals surface area (Å²) in [6.07, 6.45) is 4.07. The first-order chi connectivity index (χ1) is 16.1. The molecule has 2 unspecified atom stereocenters. The van der Waals surface area contributed by atoms with Gasteiger partial charge in [-0.15, -0.1) is 0 Å². The van der Waals surface area contributed by atoms with Crippen LogP contribution in [0.3, 0.4) is 0 Å². The summed E-state index contributed by atoms with van der Waals surface area (Å²) in [6, 6.07) is 7.86. The van der Waals surface area contributed by atoms with E-state index in [-0.39, 0.29) is 42.8 Å². The minimum atomic E-state index is -1.13. The smallest absolute Gasteiger partial charge is 0.218 e. The number of ketones is 1. The van der Waals surface area contributed by atoms with Gasteiger partial charge in [-0.2, -0.15) is 0 Å². The number of halogens is 1. The highest BCUT2D eigenvalue weighted by molar-refractivity contribution is 5.97. The minimum absolute atomic E-state index is 0.0375. The van der Waals surface area contributed by atoms with E-state index < -0.39 is 11.5 Å². The number of hydrogen-bond donors (Lipinski definition) is 1. The topological polar surface area (TPSA) is 81.0 Å². The molecule has 2 aromatic rings. The van der Waals surface area contributed by atoms with Crippen molar-refractivity contribution in [2.45, 2.75) is 89.8 Å². The number of fused-ring (bicyclic) bond motifs is 1. The van der Waals surface area contributed by atoms with Gasteiger partial charge in [0.2, 0.25) is 5.90 Å². The zero-order valence-electron chi connectivity index (χ0n) is 20.3. The summed E-state index contributed by atoms with van der Waals surface area (Å²) in [5.74, 6) is -0.213. The van der Waals surface area contributed by atoms with E-state index in [1.165, 1.54) is 12.1 Å². The monoisotopic (exact) mass is 468 g/mol. The Bertz CT molecular complexity index is 1050. The molecular weight excluding hydrogens is 435 g/mol. The fourth-order valence-electron chi connectivity index (χ4n) is 4.88. The Morgan fingerprint density at radius 3 is 2.56 bits per heavy atom. The molecule has 0 amide bonds. The van der Waals surface area contributed by atoms with Gasteiger partial charge in [-0.05, 0) is 57.0 Å². The normalized spacial score (nSPS) is 23.2. The molecule has 2 aliphatic rings. The van der Waals surface area contributed by atoms with Gasteiger partial charge < -0.3 is 14.6 Å². The van der Waals surface area contributed by atoms with Gasteiger partial charge in [0.1, 0.15) is 17.7 Å². The number of hydrogen-bond acceptors (Lipinski definition) is 6. The van der Waals surface area contributed by atoms with Crippen LogP contribution in [0.2, 0.25) is 0 Å². The molecule has 3 heterocycles. The molecule has 34 heavy (non-hydrogen) atoms. The summed E-state index contributed by atoms with van der Waals surface area (Å²) in [6.45, 7) is 7.95. The average molecular weight is 469 g/mol. The van der Waals surface area contributed by atoms with Gasteiger partial charge in [-0.25, -0.2) is 9.38 Å². The number of Topliss-reactive ketones (excluding diaryl/α,β-unsaturated/α-hetero) is 1. The highest BCUT2D eigenvalue weighted by Crippen LogP contribution is 2.32. The highest BCUT2D eigenvalue weighted by atomic mass is 19.1. The Labute approximate surface area is 200 Å². The predicted molar refractivity (Wildman–Crippen MR) is 127 cm³/mol. The van der Waals surface area contributed by atoms with E-state index >= 15 is 0 Å². The lowest BCUT2D eigenvalue weighted by molar-refractivity contribution is -0.120. The summed E-state index contributed by atoms with van der Waals surface area (Å²) in [4.78, 5) is 22.0. The van der Waals surface area contributed by atoms with E-state index in [2.05, 4.69) is 23.8 Å². The lowest BCUT2D eigenvalue weighted by Crippen LogP contribution is -2.35. The number of aliphatic hydroxyl groups is 1. The van der Waals surface area contributed by atoms with E-state index in [1.807, 2.05) is 6.07 Å². The SMILES string of the molecule is CC1CC(OC2=NCc3cc(CC(=O)C[C@@H](c4ccc(F)cc4)C(C)(C)O)ncc32)CC(C)O1. The van der Waals surface area contributed by atoms with Crippen LogP contribution in [0.5, 0.6) is 0 Å². The third-order valence-electron chi connectivity index (χ3n) is 6.54. The molecule has 1 aromatic carbocycles. The van der Waals surface area contributed by atoms with Crippen molar-refractivity contribution in [3.8, 4) is 0 Å². The summed E-state index contributed by atoms with van der Waals surface area (Å²) < 4.78 is 25.3.